The highest BCUT2D eigenvalue weighted by molar-refractivity contribution is 5.85. The molecular formula is C16H21ClN4O2. The molecule has 23 heavy (non-hydrogen) atoms. The Morgan fingerprint density at radius 3 is 3.04 bits per heavy atom. The third kappa shape index (κ3) is 3.20. The lowest BCUT2D eigenvalue weighted by Crippen LogP contribution is -2.44. The molecule has 124 valence electrons. The minimum atomic E-state index is 0. The lowest BCUT2D eigenvalue weighted by atomic mass is 9.97. The third-order valence-electron chi connectivity index (χ3n) is 4.49. The number of hydrogen-bond donors (Lipinski definition) is 1. The molecule has 7 heteroatoms. The molecule has 2 aliphatic rings. The van der Waals surface area contributed by atoms with Crippen LogP contribution in [0.3, 0.4) is 0 Å². The maximum Gasteiger partial charge on any atom is 0.233 e. The number of hydrogen-bond acceptors (Lipinski definition) is 6. The summed E-state index contributed by atoms with van der Waals surface area (Å²) in [5, 5.41) is 7.58. The van der Waals surface area contributed by atoms with E-state index in [-0.39, 0.29) is 24.4 Å². The fraction of sp³-hybridized carbons (Fsp3) is 0.500. The zero-order chi connectivity index (χ0) is 14.9. The first kappa shape index (κ1) is 16.2. The molecule has 0 bridgehead atoms. The SMILES string of the molecule is CN1CCNCC1c1noc(C2COc3ccccc3C2)n1.Cl. The van der Waals surface area contributed by atoms with E-state index in [9.17, 15) is 0 Å². The number of aromatic nitrogens is 2. The van der Waals surface area contributed by atoms with Gasteiger partial charge in [-0.3, -0.25) is 4.90 Å². The van der Waals surface area contributed by atoms with Crippen LogP contribution in [0.25, 0.3) is 0 Å². The van der Waals surface area contributed by atoms with Crippen molar-refractivity contribution in [2.75, 3.05) is 33.3 Å². The standard InChI is InChI=1S/C16H20N4O2.ClH/c1-20-7-6-17-9-13(20)15-18-16(22-19-15)12-8-11-4-2-3-5-14(11)21-10-12;/h2-5,12-13,17H,6-10H2,1H3;1H. The van der Waals surface area contributed by atoms with Crippen molar-refractivity contribution >= 4 is 12.4 Å². The molecule has 6 nitrogen and oxygen atoms in total. The summed E-state index contributed by atoms with van der Waals surface area (Å²) in [6.07, 6.45) is 0.885. The molecule has 0 radical (unpaired) electrons. The molecule has 0 amide bonds. The predicted octanol–water partition coefficient (Wildman–Crippen LogP) is 1.79. The second kappa shape index (κ2) is 6.86. The first-order valence-corrected chi connectivity index (χ1v) is 7.76. The van der Waals surface area contributed by atoms with Gasteiger partial charge in [-0.05, 0) is 25.1 Å². The van der Waals surface area contributed by atoms with E-state index in [1.165, 1.54) is 5.56 Å². The number of likely N-dealkylation sites (N-methyl/N-ethyl adjacent to an activating group) is 1. The Labute approximate surface area is 141 Å². The van der Waals surface area contributed by atoms with Crippen molar-refractivity contribution in [1.82, 2.24) is 20.4 Å². The number of nitrogens with zero attached hydrogens (tertiary/aromatic N) is 3. The van der Waals surface area contributed by atoms with Crippen LogP contribution in [0, 0.1) is 0 Å². The summed E-state index contributed by atoms with van der Waals surface area (Å²) in [5.41, 5.74) is 1.20. The van der Waals surface area contributed by atoms with Gasteiger partial charge in [0.1, 0.15) is 12.4 Å². The molecule has 0 saturated carbocycles. The Bertz CT molecular complexity index is 663. The Kier molecular flexibility index (Phi) is 4.84. The largest absolute Gasteiger partial charge is 0.492 e. The van der Waals surface area contributed by atoms with Crippen LogP contribution in [-0.2, 0) is 6.42 Å². The van der Waals surface area contributed by atoms with E-state index in [0.29, 0.717) is 12.5 Å². The molecule has 4 rings (SSSR count). The summed E-state index contributed by atoms with van der Waals surface area (Å²) in [4.78, 5) is 6.90. The smallest absolute Gasteiger partial charge is 0.233 e. The molecule has 2 aromatic rings. The highest BCUT2D eigenvalue weighted by Crippen LogP contribution is 2.32. The van der Waals surface area contributed by atoms with Gasteiger partial charge in [-0.1, -0.05) is 23.4 Å². The van der Waals surface area contributed by atoms with Crippen LogP contribution in [0.15, 0.2) is 28.8 Å². The monoisotopic (exact) mass is 336 g/mol. The van der Waals surface area contributed by atoms with Crippen molar-refractivity contribution in [1.29, 1.82) is 0 Å². The van der Waals surface area contributed by atoms with Gasteiger partial charge in [0.15, 0.2) is 5.82 Å². The van der Waals surface area contributed by atoms with Crippen molar-refractivity contribution in [3.8, 4) is 5.75 Å². The van der Waals surface area contributed by atoms with Crippen LogP contribution >= 0.6 is 12.4 Å². The third-order valence-corrected chi connectivity index (χ3v) is 4.49. The molecule has 1 fully saturated rings. The van der Waals surface area contributed by atoms with Crippen LogP contribution < -0.4 is 10.1 Å². The number of rotatable bonds is 2. The van der Waals surface area contributed by atoms with E-state index in [1.807, 2.05) is 18.2 Å². The first-order chi connectivity index (χ1) is 10.8. The lowest BCUT2D eigenvalue weighted by molar-refractivity contribution is 0.189. The summed E-state index contributed by atoms with van der Waals surface area (Å²) in [7, 11) is 2.10. The zero-order valence-corrected chi connectivity index (χ0v) is 13.9. The zero-order valence-electron chi connectivity index (χ0n) is 13.1. The molecule has 1 aromatic heterocycles. The quantitative estimate of drug-likeness (QED) is 0.902. The van der Waals surface area contributed by atoms with Crippen molar-refractivity contribution in [3.63, 3.8) is 0 Å². The first-order valence-electron chi connectivity index (χ1n) is 7.76. The average Bonchev–Trinajstić information content (AvgIpc) is 3.04. The van der Waals surface area contributed by atoms with Gasteiger partial charge < -0.3 is 14.6 Å². The molecule has 0 spiro atoms. The van der Waals surface area contributed by atoms with E-state index in [0.717, 1.165) is 37.6 Å². The number of para-hydroxylation sites is 1. The molecular weight excluding hydrogens is 316 g/mol. The van der Waals surface area contributed by atoms with Crippen LogP contribution in [0.1, 0.15) is 29.2 Å². The van der Waals surface area contributed by atoms with E-state index in [2.05, 4.69) is 33.5 Å². The number of fused-ring (bicyclic) bond motifs is 1. The van der Waals surface area contributed by atoms with Crippen LogP contribution in [0.2, 0.25) is 0 Å². The number of ether oxygens (including phenoxy) is 1. The van der Waals surface area contributed by atoms with Crippen LogP contribution in [0.4, 0.5) is 0 Å². The molecule has 1 aromatic carbocycles. The van der Waals surface area contributed by atoms with E-state index in [4.69, 9.17) is 9.26 Å². The van der Waals surface area contributed by atoms with Crippen molar-refractivity contribution < 1.29 is 9.26 Å². The van der Waals surface area contributed by atoms with Gasteiger partial charge in [0, 0.05) is 19.6 Å². The molecule has 2 unspecified atom stereocenters. The molecule has 1 N–H and O–H groups in total. The Morgan fingerprint density at radius 1 is 1.30 bits per heavy atom. The highest BCUT2D eigenvalue weighted by atomic mass is 35.5. The minimum absolute atomic E-state index is 0. The maximum absolute atomic E-state index is 5.82. The summed E-state index contributed by atoms with van der Waals surface area (Å²) in [5.74, 6) is 2.56. The van der Waals surface area contributed by atoms with Crippen molar-refractivity contribution in [2.24, 2.45) is 0 Å². The molecule has 0 aliphatic carbocycles. The Morgan fingerprint density at radius 2 is 2.17 bits per heavy atom. The summed E-state index contributed by atoms with van der Waals surface area (Å²) >= 11 is 0. The van der Waals surface area contributed by atoms with Gasteiger partial charge in [-0.2, -0.15) is 4.98 Å². The number of halogens is 1. The van der Waals surface area contributed by atoms with Crippen molar-refractivity contribution in [3.05, 3.63) is 41.5 Å². The van der Waals surface area contributed by atoms with Crippen LogP contribution in [0.5, 0.6) is 5.75 Å². The fourth-order valence-corrected chi connectivity index (χ4v) is 3.13. The normalized spacial score (nSPS) is 24.4. The van der Waals surface area contributed by atoms with Gasteiger partial charge in [0.05, 0.1) is 12.0 Å². The number of benzene rings is 1. The van der Waals surface area contributed by atoms with E-state index < -0.39 is 0 Å². The topological polar surface area (TPSA) is 63.4 Å². The Hall–Kier alpha value is -1.63. The van der Waals surface area contributed by atoms with E-state index in [1.54, 1.807) is 0 Å². The highest BCUT2D eigenvalue weighted by Gasteiger charge is 2.29. The lowest BCUT2D eigenvalue weighted by Gasteiger charge is -2.30. The van der Waals surface area contributed by atoms with Gasteiger partial charge in [0.25, 0.3) is 0 Å². The Balaban J connectivity index is 0.00000156. The maximum atomic E-state index is 5.82. The summed E-state index contributed by atoms with van der Waals surface area (Å²) in [6.45, 7) is 3.45. The molecule has 2 aliphatic heterocycles. The fourth-order valence-electron chi connectivity index (χ4n) is 3.13. The van der Waals surface area contributed by atoms with Gasteiger partial charge in [0.2, 0.25) is 5.89 Å². The van der Waals surface area contributed by atoms with Gasteiger partial charge >= 0.3 is 0 Å². The second-order valence-corrected chi connectivity index (χ2v) is 6.01. The second-order valence-electron chi connectivity index (χ2n) is 6.01. The van der Waals surface area contributed by atoms with Crippen molar-refractivity contribution in [2.45, 2.75) is 18.4 Å². The minimum Gasteiger partial charge on any atom is -0.492 e. The summed E-state index contributed by atoms with van der Waals surface area (Å²) in [6, 6.07) is 8.32. The van der Waals surface area contributed by atoms with Crippen LogP contribution in [-0.4, -0.2) is 48.3 Å². The summed E-state index contributed by atoms with van der Waals surface area (Å²) < 4.78 is 11.3. The molecule has 3 heterocycles. The molecule has 2 atom stereocenters. The number of nitrogens with one attached hydrogen (secondary N) is 1. The van der Waals surface area contributed by atoms with Gasteiger partial charge in [-0.15, -0.1) is 12.4 Å². The number of piperazine rings is 1. The van der Waals surface area contributed by atoms with Gasteiger partial charge in [-0.25, -0.2) is 0 Å². The van der Waals surface area contributed by atoms with E-state index >= 15 is 0 Å². The average molecular weight is 337 g/mol. The predicted molar refractivity (Wildman–Crippen MR) is 88.2 cm³/mol. The molecule has 1 saturated heterocycles.